The largest absolute Gasteiger partial charge is 0.366 e. The summed E-state index contributed by atoms with van der Waals surface area (Å²) in [5.41, 5.74) is 6.84. The number of carbonyl (C=O) groups is 1. The van der Waals surface area contributed by atoms with Gasteiger partial charge in [-0.05, 0) is 18.2 Å². The predicted octanol–water partition coefficient (Wildman–Crippen LogP) is 0.992. The van der Waals surface area contributed by atoms with Crippen LogP contribution in [-0.2, 0) is 0 Å². The van der Waals surface area contributed by atoms with Crippen molar-refractivity contribution in [3.63, 3.8) is 0 Å². The van der Waals surface area contributed by atoms with Crippen LogP contribution < -0.4 is 5.73 Å². The zero-order chi connectivity index (χ0) is 12.3. The van der Waals surface area contributed by atoms with E-state index in [0.29, 0.717) is 16.7 Å². The van der Waals surface area contributed by atoms with Crippen molar-refractivity contribution in [1.82, 2.24) is 9.97 Å². The summed E-state index contributed by atoms with van der Waals surface area (Å²) >= 11 is 0. The van der Waals surface area contributed by atoms with E-state index in [4.69, 9.17) is 11.1 Å². The Kier molecular flexibility index (Phi) is 2.91. The number of aromatic nitrogens is 2. The first kappa shape index (κ1) is 10.9. The van der Waals surface area contributed by atoms with E-state index in [1.165, 1.54) is 18.5 Å². The van der Waals surface area contributed by atoms with Crippen molar-refractivity contribution in [2.24, 2.45) is 5.73 Å². The lowest BCUT2D eigenvalue weighted by Gasteiger charge is -2.07. The molecule has 0 unspecified atom stereocenters. The Morgan fingerprint density at radius 3 is 2.35 bits per heavy atom. The van der Waals surface area contributed by atoms with Crippen molar-refractivity contribution in [2.45, 2.75) is 0 Å². The van der Waals surface area contributed by atoms with E-state index in [1.807, 2.05) is 0 Å². The molecule has 3 N–H and O–H groups in total. The number of nitrogens with two attached hydrogens (primary N) is 1. The first-order valence-electron chi connectivity index (χ1n) is 4.93. The minimum atomic E-state index is -0.568. The van der Waals surface area contributed by atoms with Gasteiger partial charge in [-0.1, -0.05) is 0 Å². The van der Waals surface area contributed by atoms with Crippen molar-refractivity contribution in [3.8, 4) is 0 Å². The number of pyridine rings is 2. The van der Waals surface area contributed by atoms with Gasteiger partial charge < -0.3 is 5.73 Å². The van der Waals surface area contributed by atoms with E-state index in [-0.39, 0.29) is 5.71 Å². The van der Waals surface area contributed by atoms with Crippen LogP contribution in [0.5, 0.6) is 0 Å². The number of nitrogens with zero attached hydrogens (tertiary/aromatic N) is 2. The Labute approximate surface area is 97.8 Å². The fourth-order valence-electron chi connectivity index (χ4n) is 1.48. The first-order valence-corrected chi connectivity index (χ1v) is 4.93. The van der Waals surface area contributed by atoms with Gasteiger partial charge in [-0.3, -0.25) is 20.2 Å². The maximum atomic E-state index is 11.2. The van der Waals surface area contributed by atoms with Gasteiger partial charge in [0.25, 0.3) is 0 Å². The summed E-state index contributed by atoms with van der Waals surface area (Å²) in [5, 5.41) is 8.03. The van der Waals surface area contributed by atoms with Gasteiger partial charge in [0.1, 0.15) is 0 Å². The van der Waals surface area contributed by atoms with Crippen LogP contribution in [0.4, 0.5) is 0 Å². The molecule has 0 aliphatic heterocycles. The lowest BCUT2D eigenvalue weighted by Crippen LogP contribution is -2.17. The molecule has 0 aliphatic rings. The fraction of sp³-hybridized carbons (Fsp3) is 0. The highest BCUT2D eigenvalue weighted by atomic mass is 16.1. The van der Waals surface area contributed by atoms with Gasteiger partial charge in [0.15, 0.2) is 0 Å². The SMILES string of the molecule is N=C(c1ccncc1)c1cnccc1C(N)=O. The zero-order valence-electron chi connectivity index (χ0n) is 8.92. The first-order chi connectivity index (χ1) is 8.20. The van der Waals surface area contributed by atoms with Crippen LogP contribution in [0.1, 0.15) is 21.5 Å². The highest BCUT2D eigenvalue weighted by Crippen LogP contribution is 2.12. The molecule has 5 heteroatoms. The van der Waals surface area contributed by atoms with Crippen molar-refractivity contribution in [2.75, 3.05) is 0 Å². The summed E-state index contributed by atoms with van der Waals surface area (Å²) in [6, 6.07) is 4.90. The summed E-state index contributed by atoms with van der Waals surface area (Å²) in [4.78, 5) is 19.0. The third kappa shape index (κ3) is 2.17. The van der Waals surface area contributed by atoms with Gasteiger partial charge in [0.05, 0.1) is 11.3 Å². The maximum absolute atomic E-state index is 11.2. The normalized spacial score (nSPS) is 9.88. The smallest absolute Gasteiger partial charge is 0.249 e. The number of amides is 1. The summed E-state index contributed by atoms with van der Waals surface area (Å²) in [6.07, 6.45) is 6.11. The predicted molar refractivity (Wildman–Crippen MR) is 62.9 cm³/mol. The Balaban J connectivity index is 2.48. The Hall–Kier alpha value is -2.56. The third-order valence-electron chi connectivity index (χ3n) is 2.32. The van der Waals surface area contributed by atoms with Crippen LogP contribution in [0.15, 0.2) is 43.0 Å². The van der Waals surface area contributed by atoms with Gasteiger partial charge in [-0.15, -0.1) is 0 Å². The zero-order valence-corrected chi connectivity index (χ0v) is 8.92. The van der Waals surface area contributed by atoms with E-state index in [1.54, 1.807) is 24.5 Å². The molecular formula is C12H10N4O. The number of primary amides is 1. The summed E-state index contributed by atoms with van der Waals surface area (Å²) in [5.74, 6) is -0.568. The van der Waals surface area contributed by atoms with Crippen LogP contribution in [-0.4, -0.2) is 21.6 Å². The monoisotopic (exact) mass is 226 g/mol. The van der Waals surface area contributed by atoms with Crippen LogP contribution in [0.2, 0.25) is 0 Å². The molecule has 0 aromatic carbocycles. The number of hydrogen-bond donors (Lipinski definition) is 2. The molecule has 0 fully saturated rings. The lowest BCUT2D eigenvalue weighted by atomic mass is 10.0. The fourth-order valence-corrected chi connectivity index (χ4v) is 1.48. The molecule has 2 heterocycles. The number of hydrogen-bond acceptors (Lipinski definition) is 4. The average Bonchev–Trinajstić information content (AvgIpc) is 2.39. The molecule has 0 bridgehead atoms. The van der Waals surface area contributed by atoms with Crippen LogP contribution >= 0.6 is 0 Å². The number of carbonyl (C=O) groups excluding carboxylic acids is 1. The number of rotatable bonds is 3. The summed E-state index contributed by atoms with van der Waals surface area (Å²) in [7, 11) is 0. The topological polar surface area (TPSA) is 92.7 Å². The molecule has 0 spiro atoms. The molecule has 0 saturated carbocycles. The molecule has 2 aromatic heterocycles. The molecule has 84 valence electrons. The average molecular weight is 226 g/mol. The van der Waals surface area contributed by atoms with Crippen molar-refractivity contribution in [3.05, 3.63) is 59.7 Å². The molecule has 0 aliphatic carbocycles. The number of nitrogens with one attached hydrogen (secondary N) is 1. The van der Waals surface area contributed by atoms with Crippen LogP contribution in [0.25, 0.3) is 0 Å². The van der Waals surface area contributed by atoms with E-state index in [0.717, 1.165) is 0 Å². The van der Waals surface area contributed by atoms with Crippen LogP contribution in [0, 0.1) is 5.41 Å². The third-order valence-corrected chi connectivity index (χ3v) is 2.32. The van der Waals surface area contributed by atoms with Gasteiger partial charge >= 0.3 is 0 Å². The molecule has 0 atom stereocenters. The Bertz CT molecular complexity index is 566. The van der Waals surface area contributed by atoms with Crippen molar-refractivity contribution in [1.29, 1.82) is 5.41 Å². The molecule has 17 heavy (non-hydrogen) atoms. The second kappa shape index (κ2) is 4.52. The minimum absolute atomic E-state index is 0.203. The Morgan fingerprint density at radius 1 is 1.06 bits per heavy atom. The second-order valence-electron chi connectivity index (χ2n) is 3.40. The molecule has 0 saturated heterocycles. The summed E-state index contributed by atoms with van der Waals surface area (Å²) in [6.45, 7) is 0. The minimum Gasteiger partial charge on any atom is -0.366 e. The van der Waals surface area contributed by atoms with E-state index < -0.39 is 5.91 Å². The maximum Gasteiger partial charge on any atom is 0.249 e. The molecule has 0 radical (unpaired) electrons. The molecular weight excluding hydrogens is 216 g/mol. The molecule has 2 aromatic rings. The van der Waals surface area contributed by atoms with Gasteiger partial charge in [0.2, 0.25) is 5.91 Å². The van der Waals surface area contributed by atoms with E-state index >= 15 is 0 Å². The van der Waals surface area contributed by atoms with E-state index in [2.05, 4.69) is 9.97 Å². The highest BCUT2D eigenvalue weighted by molar-refractivity contribution is 6.16. The second-order valence-corrected chi connectivity index (χ2v) is 3.40. The molecule has 1 amide bonds. The van der Waals surface area contributed by atoms with Crippen molar-refractivity contribution >= 4 is 11.6 Å². The van der Waals surface area contributed by atoms with Crippen molar-refractivity contribution < 1.29 is 4.79 Å². The molecule has 5 nitrogen and oxygen atoms in total. The lowest BCUT2D eigenvalue weighted by molar-refractivity contribution is 0.1000. The molecule has 2 rings (SSSR count). The standard InChI is InChI=1S/C12H10N4O/c13-11(8-1-4-15-5-2-8)10-7-16-6-3-9(10)12(14)17/h1-7,13H,(H2,14,17). The highest BCUT2D eigenvalue weighted by Gasteiger charge is 2.13. The van der Waals surface area contributed by atoms with Gasteiger partial charge in [0, 0.05) is 35.9 Å². The van der Waals surface area contributed by atoms with Gasteiger partial charge in [-0.25, -0.2) is 0 Å². The Morgan fingerprint density at radius 2 is 1.71 bits per heavy atom. The van der Waals surface area contributed by atoms with E-state index in [9.17, 15) is 4.79 Å². The van der Waals surface area contributed by atoms with Gasteiger partial charge in [-0.2, -0.15) is 0 Å². The quantitative estimate of drug-likeness (QED) is 0.764. The summed E-state index contributed by atoms with van der Waals surface area (Å²) < 4.78 is 0. The van der Waals surface area contributed by atoms with Crippen LogP contribution in [0.3, 0.4) is 0 Å².